The van der Waals surface area contributed by atoms with Gasteiger partial charge in [0.15, 0.2) is 0 Å². The van der Waals surface area contributed by atoms with Crippen molar-refractivity contribution in [1.29, 1.82) is 0 Å². The minimum absolute atomic E-state index is 0.241. The highest BCUT2D eigenvalue weighted by molar-refractivity contribution is 5.67. The first-order valence-electron chi connectivity index (χ1n) is 13.3. The van der Waals surface area contributed by atoms with Crippen LogP contribution in [0.1, 0.15) is 60.8 Å². The largest absolute Gasteiger partial charge is 0.448 e. The Morgan fingerprint density at radius 2 is 1.12 bits per heavy atom. The van der Waals surface area contributed by atoms with Crippen molar-refractivity contribution in [3.8, 4) is 0 Å². The van der Waals surface area contributed by atoms with E-state index < -0.39 is 0 Å². The number of carbonyl (C=O) groups excluding carboxylic acids is 1. The van der Waals surface area contributed by atoms with E-state index in [0.717, 1.165) is 71.8 Å². The molecule has 3 heterocycles. The van der Waals surface area contributed by atoms with E-state index >= 15 is 0 Å². The molecule has 0 aromatic carbocycles. The first-order valence-corrected chi connectivity index (χ1v) is 13.3. The van der Waals surface area contributed by atoms with Gasteiger partial charge in [-0.25, -0.2) is 4.79 Å². The van der Waals surface area contributed by atoms with Gasteiger partial charge in [0, 0.05) is 52.4 Å². The lowest BCUT2D eigenvalue weighted by molar-refractivity contribution is -0.0772. The second-order valence-corrected chi connectivity index (χ2v) is 10.2. The number of carbonyl (C=O) groups is 1. The normalized spacial score (nSPS) is 33.1. The van der Waals surface area contributed by atoms with Crippen LogP contribution in [0.25, 0.3) is 0 Å². The summed E-state index contributed by atoms with van der Waals surface area (Å²) in [5, 5.41) is 0. The molecule has 0 aliphatic carbocycles. The molecule has 34 heavy (non-hydrogen) atoms. The third-order valence-electron chi connectivity index (χ3n) is 8.42. The summed E-state index contributed by atoms with van der Waals surface area (Å²) in [6.45, 7) is 21.5. The molecule has 1 amide bonds. The summed E-state index contributed by atoms with van der Waals surface area (Å²) in [6.07, 6.45) is 2.52. The highest BCUT2D eigenvalue weighted by Gasteiger charge is 2.39. The summed E-state index contributed by atoms with van der Waals surface area (Å²) in [5.74, 6) is 0. The molecule has 0 aromatic heterocycles. The Kier molecular flexibility index (Phi) is 9.62. The molecule has 3 aliphatic rings. The van der Waals surface area contributed by atoms with E-state index in [9.17, 15) is 4.79 Å². The molecule has 3 unspecified atom stereocenters. The van der Waals surface area contributed by atoms with E-state index in [-0.39, 0.29) is 23.3 Å². The monoisotopic (exact) mass is 484 g/mol. The van der Waals surface area contributed by atoms with Crippen LogP contribution in [-0.2, 0) is 18.9 Å². The number of amides is 1. The molecule has 3 atom stereocenters. The fourth-order valence-corrected chi connectivity index (χ4v) is 5.24. The molecule has 3 fully saturated rings. The van der Waals surface area contributed by atoms with Gasteiger partial charge >= 0.3 is 6.09 Å². The van der Waals surface area contributed by atoms with E-state index in [4.69, 9.17) is 18.9 Å². The predicted octanol–water partition coefficient (Wildman–Crippen LogP) is 2.80. The van der Waals surface area contributed by atoms with E-state index in [0.29, 0.717) is 26.2 Å². The van der Waals surface area contributed by atoms with Gasteiger partial charge in [-0.1, -0.05) is 20.8 Å². The van der Waals surface area contributed by atoms with E-state index in [2.05, 4.69) is 56.2 Å². The van der Waals surface area contributed by atoms with Crippen molar-refractivity contribution in [3.05, 3.63) is 0 Å². The van der Waals surface area contributed by atoms with Crippen LogP contribution in [0.2, 0.25) is 0 Å². The lowest BCUT2D eigenvalue weighted by atomic mass is 10.1. The van der Waals surface area contributed by atoms with E-state index in [1.807, 2.05) is 4.90 Å². The quantitative estimate of drug-likeness (QED) is 0.419. The van der Waals surface area contributed by atoms with Gasteiger partial charge in [0.25, 0.3) is 0 Å². The zero-order valence-electron chi connectivity index (χ0n) is 22.4. The molecule has 3 saturated heterocycles. The summed E-state index contributed by atoms with van der Waals surface area (Å²) in [7, 11) is 0. The van der Waals surface area contributed by atoms with Crippen molar-refractivity contribution in [1.82, 2.24) is 19.6 Å². The maximum absolute atomic E-state index is 13.2. The van der Waals surface area contributed by atoms with Gasteiger partial charge in [-0.05, 0) is 40.0 Å². The minimum Gasteiger partial charge on any atom is -0.448 e. The van der Waals surface area contributed by atoms with Crippen molar-refractivity contribution < 1.29 is 23.7 Å². The molecule has 0 spiro atoms. The SMILES string of the molecule is CCC1(C)OCCN1CCOC(=O)N(CCN1CCOC1(C)CC)CCN1CCOC1(C)CC. The third kappa shape index (κ3) is 6.23. The zero-order chi connectivity index (χ0) is 24.8. The summed E-state index contributed by atoms with van der Waals surface area (Å²) < 4.78 is 23.6. The summed E-state index contributed by atoms with van der Waals surface area (Å²) in [6, 6.07) is 0. The highest BCUT2D eigenvalue weighted by atomic mass is 16.6. The van der Waals surface area contributed by atoms with Gasteiger partial charge < -0.3 is 23.8 Å². The number of ether oxygens (including phenoxy) is 4. The molecular formula is C25H48N4O5. The second kappa shape index (κ2) is 11.8. The Balaban J connectivity index is 1.56. The van der Waals surface area contributed by atoms with Gasteiger partial charge in [0.1, 0.15) is 23.8 Å². The van der Waals surface area contributed by atoms with Crippen LogP contribution >= 0.6 is 0 Å². The highest BCUT2D eigenvalue weighted by Crippen LogP contribution is 2.28. The first kappa shape index (κ1) is 27.6. The molecule has 198 valence electrons. The van der Waals surface area contributed by atoms with Gasteiger partial charge in [-0.3, -0.25) is 14.7 Å². The fraction of sp³-hybridized carbons (Fsp3) is 0.960. The molecule has 0 bridgehead atoms. The van der Waals surface area contributed by atoms with Gasteiger partial charge in [0.05, 0.1) is 19.8 Å². The standard InChI is InChI=1S/C25H48N4O5/c1-7-23(4)27(15-19-32-23)12-10-26(11-13-28-16-20-33-24(28,5)8-2)22(30)31-18-14-29-17-21-34-25(29,6)9-3/h7-21H2,1-6H3. The van der Waals surface area contributed by atoms with Crippen LogP contribution in [-0.4, -0.2) is 122 Å². The summed E-state index contributed by atoms with van der Waals surface area (Å²) in [4.78, 5) is 22.0. The molecule has 0 aromatic rings. The Morgan fingerprint density at radius 1 is 0.735 bits per heavy atom. The van der Waals surface area contributed by atoms with Crippen LogP contribution in [0, 0.1) is 0 Å². The van der Waals surface area contributed by atoms with E-state index in [1.54, 1.807) is 0 Å². The Hall–Kier alpha value is -0.970. The number of nitrogens with zero attached hydrogens (tertiary/aromatic N) is 4. The summed E-state index contributed by atoms with van der Waals surface area (Å²) in [5.41, 5.74) is -0.758. The summed E-state index contributed by atoms with van der Waals surface area (Å²) >= 11 is 0. The van der Waals surface area contributed by atoms with Crippen molar-refractivity contribution in [2.24, 2.45) is 0 Å². The number of hydrogen-bond donors (Lipinski definition) is 0. The minimum atomic E-state index is -0.257. The van der Waals surface area contributed by atoms with Crippen LogP contribution in [0.15, 0.2) is 0 Å². The molecule has 3 aliphatic heterocycles. The van der Waals surface area contributed by atoms with Crippen molar-refractivity contribution in [2.75, 3.05) is 78.8 Å². The molecule has 0 radical (unpaired) electrons. The molecule has 3 rings (SSSR count). The maximum Gasteiger partial charge on any atom is 0.409 e. The number of hydrogen-bond acceptors (Lipinski definition) is 8. The zero-order valence-corrected chi connectivity index (χ0v) is 22.4. The van der Waals surface area contributed by atoms with Crippen molar-refractivity contribution >= 4 is 6.09 Å². The van der Waals surface area contributed by atoms with Crippen molar-refractivity contribution in [2.45, 2.75) is 78.0 Å². The third-order valence-corrected chi connectivity index (χ3v) is 8.42. The van der Waals surface area contributed by atoms with Gasteiger partial charge in [-0.2, -0.15) is 0 Å². The number of rotatable bonds is 12. The Labute approximate surface area is 206 Å². The molecule has 0 N–H and O–H groups in total. The molecular weight excluding hydrogens is 436 g/mol. The lowest BCUT2D eigenvalue weighted by Gasteiger charge is -2.36. The average Bonchev–Trinajstić information content (AvgIpc) is 3.52. The van der Waals surface area contributed by atoms with Gasteiger partial charge in [-0.15, -0.1) is 0 Å². The second-order valence-electron chi connectivity index (χ2n) is 10.2. The smallest absolute Gasteiger partial charge is 0.409 e. The van der Waals surface area contributed by atoms with Gasteiger partial charge in [0.2, 0.25) is 0 Å². The molecule has 9 nitrogen and oxygen atoms in total. The van der Waals surface area contributed by atoms with Crippen LogP contribution in [0.4, 0.5) is 4.79 Å². The average molecular weight is 485 g/mol. The lowest BCUT2D eigenvalue weighted by Crippen LogP contribution is -2.50. The topological polar surface area (TPSA) is 67.0 Å². The van der Waals surface area contributed by atoms with Crippen molar-refractivity contribution in [3.63, 3.8) is 0 Å². The Bertz CT molecular complexity index is 637. The Morgan fingerprint density at radius 3 is 1.50 bits per heavy atom. The predicted molar refractivity (Wildman–Crippen MR) is 132 cm³/mol. The van der Waals surface area contributed by atoms with Crippen LogP contribution < -0.4 is 0 Å². The first-order chi connectivity index (χ1) is 16.2. The maximum atomic E-state index is 13.2. The van der Waals surface area contributed by atoms with E-state index in [1.165, 1.54) is 0 Å². The molecule has 9 heteroatoms. The molecule has 0 saturated carbocycles. The van der Waals surface area contributed by atoms with Crippen LogP contribution in [0.3, 0.4) is 0 Å². The fourth-order valence-electron chi connectivity index (χ4n) is 5.24. The van der Waals surface area contributed by atoms with Crippen LogP contribution in [0.5, 0.6) is 0 Å².